The molecular weight excluding hydrogens is 200 g/mol. The van der Waals surface area contributed by atoms with Crippen molar-refractivity contribution in [2.75, 3.05) is 20.1 Å². The molecule has 0 radical (unpaired) electrons. The number of rotatable bonds is 3. The van der Waals surface area contributed by atoms with Gasteiger partial charge in [0.25, 0.3) is 0 Å². The van der Waals surface area contributed by atoms with Crippen LogP contribution in [0.25, 0.3) is 0 Å². The van der Waals surface area contributed by atoms with Crippen LogP contribution in [0, 0.1) is 0 Å². The van der Waals surface area contributed by atoms with Crippen LogP contribution in [0.15, 0.2) is 24.3 Å². The van der Waals surface area contributed by atoms with Gasteiger partial charge in [0.05, 0.1) is 0 Å². The first-order valence-corrected chi connectivity index (χ1v) is 6.02. The lowest BCUT2D eigenvalue weighted by molar-refractivity contribution is -0.126. The van der Waals surface area contributed by atoms with E-state index in [4.69, 9.17) is 0 Å². The molecular formula is C13H22N2O. The van der Waals surface area contributed by atoms with Crippen molar-refractivity contribution in [1.29, 1.82) is 0 Å². The van der Waals surface area contributed by atoms with E-state index in [1.807, 2.05) is 31.0 Å². The molecule has 1 fully saturated rings. The Morgan fingerprint density at radius 3 is 2.88 bits per heavy atom. The van der Waals surface area contributed by atoms with Crippen LogP contribution in [0.5, 0.6) is 0 Å². The summed E-state index contributed by atoms with van der Waals surface area (Å²) >= 11 is 0. The predicted molar refractivity (Wildman–Crippen MR) is 67.2 cm³/mol. The number of amides is 1. The third kappa shape index (κ3) is 4.19. The summed E-state index contributed by atoms with van der Waals surface area (Å²) < 4.78 is 0. The average molecular weight is 222 g/mol. The molecule has 16 heavy (non-hydrogen) atoms. The topological polar surface area (TPSA) is 32.3 Å². The van der Waals surface area contributed by atoms with Crippen molar-refractivity contribution >= 4 is 5.91 Å². The zero-order valence-corrected chi connectivity index (χ0v) is 10.3. The first kappa shape index (κ1) is 13.0. The van der Waals surface area contributed by atoms with E-state index in [1.165, 1.54) is 0 Å². The van der Waals surface area contributed by atoms with Gasteiger partial charge in [0.2, 0.25) is 5.91 Å². The molecule has 0 spiro atoms. The molecule has 1 heterocycles. The van der Waals surface area contributed by atoms with Crippen LogP contribution in [-0.2, 0) is 4.79 Å². The molecule has 1 atom stereocenters. The largest absolute Gasteiger partial charge is 0.339 e. The minimum absolute atomic E-state index is 0.102. The lowest BCUT2D eigenvalue weighted by Gasteiger charge is -2.25. The predicted octanol–water partition coefficient (Wildman–Crippen LogP) is 1.72. The number of carbonyl (C=O) groups is 1. The van der Waals surface area contributed by atoms with E-state index in [9.17, 15) is 4.79 Å². The summed E-state index contributed by atoms with van der Waals surface area (Å²) in [7, 11) is 1.90. The number of nitrogens with zero attached hydrogens (tertiary/aromatic N) is 1. The maximum atomic E-state index is 11.8. The molecule has 1 unspecified atom stereocenters. The van der Waals surface area contributed by atoms with Gasteiger partial charge in [-0.15, -0.1) is 0 Å². The van der Waals surface area contributed by atoms with E-state index in [2.05, 4.69) is 5.32 Å². The normalized spacial score (nSPS) is 22.5. The molecule has 0 bridgehead atoms. The third-order valence-corrected chi connectivity index (χ3v) is 2.98. The van der Waals surface area contributed by atoms with Crippen LogP contribution in [0.4, 0.5) is 0 Å². The average Bonchev–Trinajstić information content (AvgIpc) is 2.56. The van der Waals surface area contributed by atoms with Crippen molar-refractivity contribution in [2.45, 2.75) is 32.2 Å². The van der Waals surface area contributed by atoms with Gasteiger partial charge < -0.3 is 10.2 Å². The lowest BCUT2D eigenvalue weighted by Crippen LogP contribution is -2.36. The summed E-state index contributed by atoms with van der Waals surface area (Å²) in [6.45, 7) is 4.03. The maximum absolute atomic E-state index is 11.8. The highest BCUT2D eigenvalue weighted by atomic mass is 16.2. The monoisotopic (exact) mass is 222 g/mol. The van der Waals surface area contributed by atoms with E-state index in [0.29, 0.717) is 6.04 Å². The summed E-state index contributed by atoms with van der Waals surface area (Å²) in [6, 6.07) is 0.387. The summed E-state index contributed by atoms with van der Waals surface area (Å²) in [4.78, 5) is 13.7. The number of allylic oxidation sites excluding steroid dienone is 3. The van der Waals surface area contributed by atoms with E-state index in [0.717, 1.165) is 32.4 Å². The number of hydrogen-bond acceptors (Lipinski definition) is 2. The smallest absolute Gasteiger partial charge is 0.246 e. The minimum atomic E-state index is 0.102. The molecule has 0 aromatic heterocycles. The molecule has 0 aromatic carbocycles. The fourth-order valence-electron chi connectivity index (χ4n) is 1.93. The van der Waals surface area contributed by atoms with Gasteiger partial charge in [0.1, 0.15) is 0 Å². The molecule has 1 saturated heterocycles. The van der Waals surface area contributed by atoms with Gasteiger partial charge in [-0.05, 0) is 39.3 Å². The maximum Gasteiger partial charge on any atom is 0.246 e. The number of hydrogen-bond donors (Lipinski definition) is 1. The first-order valence-electron chi connectivity index (χ1n) is 6.02. The number of nitrogens with one attached hydrogen (secondary N) is 1. The Kier molecular flexibility index (Phi) is 5.86. The highest BCUT2D eigenvalue weighted by Crippen LogP contribution is 2.12. The van der Waals surface area contributed by atoms with Gasteiger partial charge in [0, 0.05) is 19.2 Å². The third-order valence-electron chi connectivity index (χ3n) is 2.98. The Labute approximate surface area is 98.2 Å². The summed E-state index contributed by atoms with van der Waals surface area (Å²) in [5, 5.41) is 3.36. The van der Waals surface area contributed by atoms with Gasteiger partial charge in [-0.2, -0.15) is 0 Å². The van der Waals surface area contributed by atoms with Crippen LogP contribution in [0.1, 0.15) is 26.2 Å². The van der Waals surface area contributed by atoms with Gasteiger partial charge >= 0.3 is 0 Å². The van der Waals surface area contributed by atoms with Crippen molar-refractivity contribution in [3.8, 4) is 0 Å². The van der Waals surface area contributed by atoms with Crippen molar-refractivity contribution in [3.63, 3.8) is 0 Å². The second-order valence-corrected chi connectivity index (χ2v) is 4.17. The van der Waals surface area contributed by atoms with Crippen molar-refractivity contribution in [1.82, 2.24) is 10.2 Å². The summed E-state index contributed by atoms with van der Waals surface area (Å²) in [5.41, 5.74) is 0. The zero-order chi connectivity index (χ0) is 11.8. The number of carbonyl (C=O) groups excluding carboxylic acids is 1. The van der Waals surface area contributed by atoms with Gasteiger partial charge in [0.15, 0.2) is 0 Å². The fourth-order valence-corrected chi connectivity index (χ4v) is 1.93. The lowest BCUT2D eigenvalue weighted by atomic mass is 10.1. The Balaban J connectivity index is 2.47. The molecule has 1 amide bonds. The van der Waals surface area contributed by atoms with Crippen LogP contribution >= 0.6 is 0 Å². The van der Waals surface area contributed by atoms with E-state index in [1.54, 1.807) is 12.2 Å². The van der Waals surface area contributed by atoms with Crippen molar-refractivity contribution in [2.24, 2.45) is 0 Å². The van der Waals surface area contributed by atoms with Crippen LogP contribution < -0.4 is 5.32 Å². The molecule has 90 valence electrons. The molecule has 0 aromatic rings. The van der Waals surface area contributed by atoms with Crippen LogP contribution in [0.3, 0.4) is 0 Å². The Hall–Kier alpha value is -1.09. The van der Waals surface area contributed by atoms with Crippen molar-refractivity contribution in [3.05, 3.63) is 24.3 Å². The minimum Gasteiger partial charge on any atom is -0.339 e. The summed E-state index contributed by atoms with van der Waals surface area (Å²) in [5.74, 6) is 0.102. The Morgan fingerprint density at radius 1 is 1.31 bits per heavy atom. The zero-order valence-electron chi connectivity index (χ0n) is 10.3. The van der Waals surface area contributed by atoms with Crippen molar-refractivity contribution < 1.29 is 4.79 Å². The quantitative estimate of drug-likeness (QED) is 0.582. The first-order chi connectivity index (χ1) is 7.75. The molecule has 0 aliphatic carbocycles. The second-order valence-electron chi connectivity index (χ2n) is 4.17. The van der Waals surface area contributed by atoms with Crippen LogP contribution in [0.2, 0.25) is 0 Å². The summed E-state index contributed by atoms with van der Waals surface area (Å²) in [6.07, 6.45) is 10.5. The van der Waals surface area contributed by atoms with E-state index < -0.39 is 0 Å². The SMILES string of the molecule is CC=CC=CC(=O)N(C)C1CCCNCC1. The standard InChI is InChI=1S/C13H22N2O/c1-3-4-5-8-13(16)15(2)12-7-6-10-14-11-9-12/h3-5,8,12,14H,6-7,9-11H2,1-2H3. The van der Waals surface area contributed by atoms with Crippen LogP contribution in [-0.4, -0.2) is 37.0 Å². The highest BCUT2D eigenvalue weighted by molar-refractivity contribution is 5.87. The molecule has 0 saturated carbocycles. The molecule has 1 aliphatic rings. The Morgan fingerprint density at radius 2 is 2.12 bits per heavy atom. The number of likely N-dealkylation sites (N-methyl/N-ethyl adjacent to an activating group) is 1. The highest BCUT2D eigenvalue weighted by Gasteiger charge is 2.18. The molecule has 3 nitrogen and oxygen atoms in total. The van der Waals surface area contributed by atoms with E-state index in [-0.39, 0.29) is 5.91 Å². The van der Waals surface area contributed by atoms with Gasteiger partial charge in [-0.25, -0.2) is 0 Å². The molecule has 3 heteroatoms. The Bertz CT molecular complexity index is 263. The fraction of sp³-hybridized carbons (Fsp3) is 0.615. The molecule has 1 rings (SSSR count). The van der Waals surface area contributed by atoms with E-state index >= 15 is 0 Å². The van der Waals surface area contributed by atoms with Gasteiger partial charge in [-0.1, -0.05) is 18.2 Å². The second kappa shape index (κ2) is 7.23. The molecule has 1 aliphatic heterocycles. The van der Waals surface area contributed by atoms with Gasteiger partial charge in [-0.3, -0.25) is 4.79 Å². The molecule has 1 N–H and O–H groups in total.